The van der Waals surface area contributed by atoms with Crippen LogP contribution in [0, 0.1) is 5.92 Å². The van der Waals surface area contributed by atoms with Crippen LogP contribution in [0.4, 0.5) is 4.79 Å². The summed E-state index contributed by atoms with van der Waals surface area (Å²) in [6, 6.07) is 8.42. The van der Waals surface area contributed by atoms with Crippen molar-refractivity contribution in [2.24, 2.45) is 11.7 Å². The van der Waals surface area contributed by atoms with Gasteiger partial charge in [0.15, 0.2) is 0 Å². The third-order valence-corrected chi connectivity index (χ3v) is 4.58. The first-order valence-corrected chi connectivity index (χ1v) is 9.69. The van der Waals surface area contributed by atoms with Gasteiger partial charge in [0.1, 0.15) is 11.7 Å². The van der Waals surface area contributed by atoms with Crippen LogP contribution >= 0.6 is 0 Å². The smallest absolute Gasteiger partial charge is 0.407 e. The van der Waals surface area contributed by atoms with Gasteiger partial charge in [0.05, 0.1) is 12.1 Å². The average molecular weight is 381 g/mol. The van der Waals surface area contributed by atoms with Crippen LogP contribution < -0.4 is 11.1 Å². The molecule has 0 saturated heterocycles. The number of rotatable bonds is 9. The predicted octanol–water partition coefficient (Wildman–Crippen LogP) is 3.13. The van der Waals surface area contributed by atoms with Gasteiger partial charge in [-0.15, -0.1) is 0 Å². The number of hydrogen-bond donors (Lipinski definition) is 4. The molecule has 1 rings (SSSR count). The van der Waals surface area contributed by atoms with Gasteiger partial charge in [0, 0.05) is 6.04 Å². The third kappa shape index (κ3) is 8.73. The SMILES string of the molecule is CC[C@H](C)C[C@H](NC(=O)OC(C)(C)C)[C@H](O)[C@@H](O)C[C@H](N)c1ccccc1. The van der Waals surface area contributed by atoms with E-state index in [1.165, 1.54) is 0 Å². The monoisotopic (exact) mass is 380 g/mol. The molecule has 6 nitrogen and oxygen atoms in total. The average Bonchev–Trinajstić information content (AvgIpc) is 2.59. The largest absolute Gasteiger partial charge is 0.444 e. The Morgan fingerprint density at radius 3 is 2.30 bits per heavy atom. The number of carbonyl (C=O) groups is 1. The second kappa shape index (κ2) is 10.6. The Kier molecular flexibility index (Phi) is 9.22. The minimum atomic E-state index is -1.14. The normalized spacial score (nSPS) is 17.5. The predicted molar refractivity (Wildman–Crippen MR) is 107 cm³/mol. The van der Waals surface area contributed by atoms with Crippen molar-refractivity contribution in [1.29, 1.82) is 0 Å². The molecule has 0 radical (unpaired) electrons. The molecule has 0 aromatic heterocycles. The molecule has 1 amide bonds. The fraction of sp³-hybridized carbons (Fsp3) is 0.667. The molecule has 0 bridgehead atoms. The van der Waals surface area contributed by atoms with E-state index in [2.05, 4.69) is 5.32 Å². The number of nitrogens with two attached hydrogens (primary N) is 1. The van der Waals surface area contributed by atoms with Crippen molar-refractivity contribution in [2.45, 2.75) is 83.8 Å². The topological polar surface area (TPSA) is 105 Å². The summed E-state index contributed by atoms with van der Waals surface area (Å²) in [4.78, 5) is 12.2. The van der Waals surface area contributed by atoms with E-state index in [4.69, 9.17) is 10.5 Å². The summed E-state index contributed by atoms with van der Waals surface area (Å²) < 4.78 is 5.30. The number of carbonyl (C=O) groups excluding carboxylic acids is 1. The summed E-state index contributed by atoms with van der Waals surface area (Å²) in [6.45, 7) is 9.42. The fourth-order valence-corrected chi connectivity index (χ4v) is 2.85. The molecule has 0 aliphatic rings. The molecule has 5 atom stereocenters. The summed E-state index contributed by atoms with van der Waals surface area (Å²) in [5, 5.41) is 23.9. The molecule has 27 heavy (non-hydrogen) atoms. The second-order valence-corrected chi connectivity index (χ2v) is 8.31. The van der Waals surface area contributed by atoms with E-state index in [9.17, 15) is 15.0 Å². The number of aliphatic hydroxyl groups is 2. The Bertz CT molecular complexity index is 559. The fourth-order valence-electron chi connectivity index (χ4n) is 2.85. The van der Waals surface area contributed by atoms with Crippen LogP contribution in [0.15, 0.2) is 30.3 Å². The number of hydrogen-bond acceptors (Lipinski definition) is 5. The highest BCUT2D eigenvalue weighted by molar-refractivity contribution is 5.68. The molecule has 5 N–H and O–H groups in total. The molecule has 1 aromatic rings. The zero-order valence-electron chi connectivity index (χ0n) is 17.2. The maximum atomic E-state index is 12.2. The lowest BCUT2D eigenvalue weighted by atomic mass is 9.90. The van der Waals surface area contributed by atoms with Crippen molar-refractivity contribution < 1.29 is 19.7 Å². The van der Waals surface area contributed by atoms with Gasteiger partial charge in [-0.1, -0.05) is 50.6 Å². The number of ether oxygens (including phenoxy) is 1. The molecular weight excluding hydrogens is 344 g/mol. The molecular formula is C21H36N2O4. The van der Waals surface area contributed by atoms with Crippen LogP contribution in [0.1, 0.15) is 65.5 Å². The van der Waals surface area contributed by atoms with Crippen molar-refractivity contribution >= 4 is 6.09 Å². The highest BCUT2D eigenvalue weighted by Crippen LogP contribution is 2.21. The van der Waals surface area contributed by atoms with E-state index < -0.39 is 36.0 Å². The van der Waals surface area contributed by atoms with Gasteiger partial charge in [-0.05, 0) is 45.1 Å². The van der Waals surface area contributed by atoms with Crippen LogP contribution in [0.2, 0.25) is 0 Å². The van der Waals surface area contributed by atoms with Crippen LogP contribution in [-0.4, -0.2) is 40.2 Å². The number of aliphatic hydroxyl groups excluding tert-OH is 2. The minimum absolute atomic E-state index is 0.193. The van der Waals surface area contributed by atoms with Gasteiger partial charge < -0.3 is 26.0 Å². The Morgan fingerprint density at radius 1 is 1.19 bits per heavy atom. The first kappa shape index (κ1) is 23.4. The van der Waals surface area contributed by atoms with Crippen LogP contribution in [-0.2, 0) is 4.74 Å². The zero-order chi connectivity index (χ0) is 20.6. The number of benzene rings is 1. The molecule has 6 heteroatoms. The maximum Gasteiger partial charge on any atom is 0.407 e. The van der Waals surface area contributed by atoms with Crippen molar-refractivity contribution in [1.82, 2.24) is 5.32 Å². The highest BCUT2D eigenvalue weighted by atomic mass is 16.6. The standard InChI is InChI=1S/C21H36N2O4/c1-6-14(2)12-17(23-20(26)27-21(3,4)5)19(25)18(24)13-16(22)15-10-8-7-9-11-15/h7-11,14,16-19,24-25H,6,12-13,22H2,1-5H3,(H,23,26)/t14-,16-,17-,18-,19-/m0/s1. The lowest BCUT2D eigenvalue weighted by Crippen LogP contribution is -2.51. The van der Waals surface area contributed by atoms with Gasteiger partial charge in [-0.3, -0.25) is 0 Å². The van der Waals surface area contributed by atoms with Crippen LogP contribution in [0.25, 0.3) is 0 Å². The van der Waals surface area contributed by atoms with Crippen molar-refractivity contribution in [3.63, 3.8) is 0 Å². The molecule has 0 heterocycles. The van der Waals surface area contributed by atoms with Crippen LogP contribution in [0.5, 0.6) is 0 Å². The summed E-state index contributed by atoms with van der Waals surface area (Å²) in [7, 11) is 0. The van der Waals surface area contributed by atoms with E-state index in [1.54, 1.807) is 20.8 Å². The zero-order valence-corrected chi connectivity index (χ0v) is 17.2. The first-order chi connectivity index (χ1) is 12.5. The van der Waals surface area contributed by atoms with E-state index in [0.29, 0.717) is 6.42 Å². The van der Waals surface area contributed by atoms with Gasteiger partial charge in [0.2, 0.25) is 0 Å². The quantitative estimate of drug-likeness (QED) is 0.527. The highest BCUT2D eigenvalue weighted by Gasteiger charge is 2.31. The third-order valence-electron chi connectivity index (χ3n) is 4.58. The van der Waals surface area contributed by atoms with Gasteiger partial charge in [-0.2, -0.15) is 0 Å². The molecule has 154 valence electrons. The molecule has 0 saturated carbocycles. The Balaban J connectivity index is 2.78. The van der Waals surface area contributed by atoms with Gasteiger partial charge >= 0.3 is 6.09 Å². The summed E-state index contributed by atoms with van der Waals surface area (Å²) in [6.07, 6.45) is -1.18. The molecule has 1 aromatic carbocycles. The Hall–Kier alpha value is -1.63. The van der Waals surface area contributed by atoms with E-state index in [1.807, 2.05) is 44.2 Å². The number of alkyl carbamates (subject to hydrolysis) is 1. The van der Waals surface area contributed by atoms with Crippen molar-refractivity contribution in [2.75, 3.05) is 0 Å². The Morgan fingerprint density at radius 2 is 1.78 bits per heavy atom. The summed E-state index contributed by atoms with van der Waals surface area (Å²) in [5.41, 5.74) is 6.42. The molecule has 0 fully saturated rings. The second-order valence-electron chi connectivity index (χ2n) is 8.31. The minimum Gasteiger partial charge on any atom is -0.444 e. The van der Waals surface area contributed by atoms with E-state index >= 15 is 0 Å². The first-order valence-electron chi connectivity index (χ1n) is 9.69. The maximum absolute atomic E-state index is 12.2. The molecule has 0 unspecified atom stereocenters. The summed E-state index contributed by atoms with van der Waals surface area (Å²) >= 11 is 0. The number of nitrogens with one attached hydrogen (secondary N) is 1. The Labute approximate surface area is 163 Å². The van der Waals surface area contributed by atoms with E-state index in [-0.39, 0.29) is 12.3 Å². The van der Waals surface area contributed by atoms with E-state index in [0.717, 1.165) is 12.0 Å². The van der Waals surface area contributed by atoms with Gasteiger partial charge in [0.25, 0.3) is 0 Å². The van der Waals surface area contributed by atoms with Gasteiger partial charge in [-0.25, -0.2) is 4.79 Å². The molecule has 0 aliphatic heterocycles. The van der Waals surface area contributed by atoms with Crippen molar-refractivity contribution in [3.8, 4) is 0 Å². The lowest BCUT2D eigenvalue weighted by Gasteiger charge is -2.31. The molecule has 0 aliphatic carbocycles. The summed E-state index contributed by atoms with van der Waals surface area (Å²) in [5.74, 6) is 0.273. The number of amides is 1. The van der Waals surface area contributed by atoms with Crippen molar-refractivity contribution in [3.05, 3.63) is 35.9 Å². The lowest BCUT2D eigenvalue weighted by molar-refractivity contribution is -0.0197. The molecule has 0 spiro atoms. The van der Waals surface area contributed by atoms with Crippen LogP contribution in [0.3, 0.4) is 0 Å².